The van der Waals surface area contributed by atoms with Crippen LogP contribution in [0.5, 0.6) is 0 Å². The number of aryl methyl sites for hydroxylation is 2. The van der Waals surface area contributed by atoms with E-state index in [9.17, 15) is 4.79 Å². The fraction of sp³-hybridized carbons (Fsp3) is 0.192. The molecular formula is C26H23N7OS. The lowest BCUT2D eigenvalue weighted by Gasteiger charge is -2.16. The molecule has 35 heavy (non-hydrogen) atoms. The Kier molecular flexibility index (Phi) is 5.33. The summed E-state index contributed by atoms with van der Waals surface area (Å²) in [7, 11) is 0. The number of nitrogens with one attached hydrogen (secondary N) is 1. The third kappa shape index (κ3) is 3.77. The molecule has 6 rings (SSSR count). The second-order valence-electron chi connectivity index (χ2n) is 8.41. The van der Waals surface area contributed by atoms with Gasteiger partial charge in [-0.2, -0.15) is 10.2 Å². The highest BCUT2D eigenvalue weighted by atomic mass is 32.2. The first-order chi connectivity index (χ1) is 17.1. The van der Waals surface area contributed by atoms with E-state index in [0.717, 1.165) is 50.6 Å². The van der Waals surface area contributed by atoms with Gasteiger partial charge < -0.3 is 5.32 Å². The van der Waals surface area contributed by atoms with E-state index in [1.807, 2.05) is 59.7 Å². The standard InChI is InChI=1S/C26H23N7OS/c1-3-32-26-23(24(31-32)20-6-4-5-10-28-20)25(35-15-22(34)30-26)17-7-8-21-18(13-17)14-29-33(21)19-9-11-27-16(2)12-19/h4-14,25H,3,15H2,1-2H3,(H,30,34). The van der Waals surface area contributed by atoms with Crippen LogP contribution in [0, 0.1) is 6.92 Å². The van der Waals surface area contributed by atoms with Gasteiger partial charge in [0, 0.05) is 35.6 Å². The summed E-state index contributed by atoms with van der Waals surface area (Å²) in [5.74, 6) is 1.08. The van der Waals surface area contributed by atoms with Crippen LogP contribution in [0.2, 0.25) is 0 Å². The van der Waals surface area contributed by atoms with E-state index < -0.39 is 0 Å². The first-order valence-electron chi connectivity index (χ1n) is 11.5. The summed E-state index contributed by atoms with van der Waals surface area (Å²) in [6.45, 7) is 4.64. The predicted molar refractivity (Wildman–Crippen MR) is 138 cm³/mol. The van der Waals surface area contributed by atoms with Gasteiger partial charge in [0.15, 0.2) is 0 Å². The fourth-order valence-corrected chi connectivity index (χ4v) is 5.65. The molecule has 1 amide bonds. The molecule has 1 N–H and O–H groups in total. The van der Waals surface area contributed by atoms with Crippen LogP contribution in [0.15, 0.2) is 67.1 Å². The summed E-state index contributed by atoms with van der Waals surface area (Å²) in [6, 6.07) is 16.2. The summed E-state index contributed by atoms with van der Waals surface area (Å²) in [5, 5.41) is 13.5. The molecule has 0 spiro atoms. The number of fused-ring (bicyclic) bond motifs is 2. The molecule has 174 valence electrons. The topological polar surface area (TPSA) is 90.5 Å². The number of aromatic nitrogens is 6. The van der Waals surface area contributed by atoms with Gasteiger partial charge in [-0.25, -0.2) is 9.36 Å². The first-order valence-corrected chi connectivity index (χ1v) is 12.5. The Labute approximate surface area is 206 Å². The van der Waals surface area contributed by atoms with Crippen LogP contribution in [0.25, 0.3) is 28.0 Å². The molecule has 0 fully saturated rings. The summed E-state index contributed by atoms with van der Waals surface area (Å²) >= 11 is 1.61. The molecule has 0 saturated heterocycles. The third-order valence-corrected chi connectivity index (χ3v) is 7.39. The number of carbonyl (C=O) groups excluding carboxylic acids is 1. The van der Waals surface area contributed by atoms with E-state index >= 15 is 0 Å². The molecule has 0 aliphatic carbocycles. The van der Waals surface area contributed by atoms with Crippen LogP contribution in [0.1, 0.15) is 29.0 Å². The van der Waals surface area contributed by atoms with Crippen molar-refractivity contribution in [1.82, 2.24) is 29.5 Å². The van der Waals surface area contributed by atoms with Crippen molar-refractivity contribution in [2.45, 2.75) is 25.6 Å². The van der Waals surface area contributed by atoms with Gasteiger partial charge in [0.2, 0.25) is 5.91 Å². The molecule has 5 aromatic rings. The van der Waals surface area contributed by atoms with Gasteiger partial charge in [-0.3, -0.25) is 14.8 Å². The van der Waals surface area contributed by atoms with Crippen molar-refractivity contribution in [2.24, 2.45) is 0 Å². The largest absolute Gasteiger partial charge is 0.310 e. The zero-order valence-corrected chi connectivity index (χ0v) is 20.2. The lowest BCUT2D eigenvalue weighted by Crippen LogP contribution is -2.16. The van der Waals surface area contributed by atoms with Crippen molar-refractivity contribution in [3.05, 3.63) is 83.9 Å². The fourth-order valence-electron chi connectivity index (χ4n) is 4.53. The third-order valence-electron chi connectivity index (χ3n) is 6.12. The van der Waals surface area contributed by atoms with Crippen molar-refractivity contribution in [2.75, 3.05) is 11.1 Å². The lowest BCUT2D eigenvalue weighted by atomic mass is 10.0. The number of amides is 1. The van der Waals surface area contributed by atoms with E-state index in [1.165, 1.54) is 0 Å². The molecule has 4 aromatic heterocycles. The van der Waals surface area contributed by atoms with Crippen LogP contribution < -0.4 is 5.32 Å². The quantitative estimate of drug-likeness (QED) is 0.397. The smallest absolute Gasteiger partial charge is 0.235 e. The van der Waals surface area contributed by atoms with Crippen molar-refractivity contribution in [3.63, 3.8) is 0 Å². The summed E-state index contributed by atoms with van der Waals surface area (Å²) in [5.41, 5.74) is 6.60. The number of anilines is 1. The predicted octanol–water partition coefficient (Wildman–Crippen LogP) is 4.78. The Morgan fingerprint density at radius 1 is 1.11 bits per heavy atom. The van der Waals surface area contributed by atoms with E-state index in [0.29, 0.717) is 12.3 Å². The van der Waals surface area contributed by atoms with Crippen LogP contribution >= 0.6 is 11.8 Å². The molecule has 9 heteroatoms. The summed E-state index contributed by atoms with van der Waals surface area (Å²) in [6.07, 6.45) is 5.45. The number of hydrogen-bond acceptors (Lipinski definition) is 6. The van der Waals surface area contributed by atoms with E-state index in [-0.39, 0.29) is 11.2 Å². The number of rotatable bonds is 4. The summed E-state index contributed by atoms with van der Waals surface area (Å²) < 4.78 is 3.79. The van der Waals surface area contributed by atoms with Gasteiger partial charge in [-0.1, -0.05) is 12.1 Å². The van der Waals surface area contributed by atoms with Crippen LogP contribution in [0.4, 0.5) is 5.82 Å². The van der Waals surface area contributed by atoms with Gasteiger partial charge in [0.1, 0.15) is 11.5 Å². The second kappa shape index (κ2) is 8.66. The van der Waals surface area contributed by atoms with Crippen molar-refractivity contribution in [1.29, 1.82) is 0 Å². The Hall–Kier alpha value is -3.98. The zero-order valence-electron chi connectivity index (χ0n) is 19.3. The average molecular weight is 482 g/mol. The number of hydrogen-bond donors (Lipinski definition) is 1. The van der Waals surface area contributed by atoms with Crippen LogP contribution in [0.3, 0.4) is 0 Å². The number of benzene rings is 1. The maximum absolute atomic E-state index is 12.6. The Morgan fingerprint density at radius 3 is 2.83 bits per heavy atom. The number of carbonyl (C=O) groups is 1. The molecule has 1 aliphatic rings. The Balaban J connectivity index is 1.50. The van der Waals surface area contributed by atoms with Crippen molar-refractivity contribution in [3.8, 4) is 17.1 Å². The SMILES string of the molecule is CCn1nc(-c2ccccn2)c2c1NC(=O)CSC2c1ccc2c(cnn2-c2ccnc(C)c2)c1. The molecule has 1 aliphatic heterocycles. The van der Waals surface area contributed by atoms with E-state index in [2.05, 4.69) is 38.6 Å². The Bertz CT molecular complexity index is 1560. The normalized spacial score (nSPS) is 15.6. The average Bonchev–Trinajstić information content (AvgIpc) is 3.41. The maximum Gasteiger partial charge on any atom is 0.235 e. The number of thioether (sulfide) groups is 1. The van der Waals surface area contributed by atoms with E-state index in [4.69, 9.17) is 5.10 Å². The molecular weight excluding hydrogens is 458 g/mol. The molecule has 0 saturated carbocycles. The minimum Gasteiger partial charge on any atom is -0.310 e. The highest BCUT2D eigenvalue weighted by Crippen LogP contribution is 2.46. The van der Waals surface area contributed by atoms with Gasteiger partial charge in [-0.15, -0.1) is 11.8 Å². The van der Waals surface area contributed by atoms with Crippen LogP contribution in [-0.2, 0) is 11.3 Å². The minimum absolute atomic E-state index is 0.0251. The highest BCUT2D eigenvalue weighted by Gasteiger charge is 2.32. The summed E-state index contributed by atoms with van der Waals surface area (Å²) in [4.78, 5) is 21.5. The first kappa shape index (κ1) is 21.5. The van der Waals surface area contributed by atoms with Gasteiger partial charge in [-0.05, 0) is 55.8 Å². The molecule has 0 radical (unpaired) electrons. The van der Waals surface area contributed by atoms with Crippen molar-refractivity contribution < 1.29 is 4.79 Å². The maximum atomic E-state index is 12.6. The Morgan fingerprint density at radius 2 is 2.03 bits per heavy atom. The molecule has 1 unspecified atom stereocenters. The number of pyridine rings is 2. The second-order valence-corrected chi connectivity index (χ2v) is 9.50. The van der Waals surface area contributed by atoms with Gasteiger partial charge >= 0.3 is 0 Å². The molecule has 0 bridgehead atoms. The molecule has 8 nitrogen and oxygen atoms in total. The monoisotopic (exact) mass is 481 g/mol. The van der Waals surface area contributed by atoms with Gasteiger partial charge in [0.05, 0.1) is 34.1 Å². The zero-order chi connectivity index (χ0) is 23.9. The minimum atomic E-state index is -0.0859. The van der Waals surface area contributed by atoms with E-state index in [1.54, 1.807) is 24.2 Å². The molecule has 1 aromatic carbocycles. The molecule has 1 atom stereocenters. The number of nitrogens with zero attached hydrogens (tertiary/aromatic N) is 6. The van der Waals surface area contributed by atoms with Gasteiger partial charge in [0.25, 0.3) is 0 Å². The lowest BCUT2D eigenvalue weighted by molar-refractivity contribution is -0.113. The highest BCUT2D eigenvalue weighted by molar-refractivity contribution is 8.00. The van der Waals surface area contributed by atoms with Crippen LogP contribution in [-0.4, -0.2) is 41.2 Å². The van der Waals surface area contributed by atoms with Crippen molar-refractivity contribution >= 4 is 34.4 Å². The molecule has 5 heterocycles.